The molecule has 7 rings (SSSR count). The van der Waals surface area contributed by atoms with E-state index in [1.807, 2.05) is 17.9 Å². The van der Waals surface area contributed by atoms with Gasteiger partial charge >= 0.3 is 6.18 Å². The molecule has 0 radical (unpaired) electrons. The summed E-state index contributed by atoms with van der Waals surface area (Å²) in [5, 5.41) is 17.3. The van der Waals surface area contributed by atoms with Gasteiger partial charge in [-0.2, -0.15) is 22.7 Å². The van der Waals surface area contributed by atoms with Gasteiger partial charge < -0.3 is 29.5 Å². The molecule has 0 aliphatic carbocycles. The molecule has 51 heavy (non-hydrogen) atoms. The van der Waals surface area contributed by atoms with Gasteiger partial charge in [0.2, 0.25) is 11.7 Å². The summed E-state index contributed by atoms with van der Waals surface area (Å²) >= 11 is 6.13. The molecule has 14 nitrogen and oxygen atoms in total. The number of amides is 2. The van der Waals surface area contributed by atoms with Crippen molar-refractivity contribution in [3.05, 3.63) is 74.4 Å². The second kappa shape index (κ2) is 13.3. The first-order valence-electron chi connectivity index (χ1n) is 16.3. The number of aromatic hydroxyl groups is 1. The van der Waals surface area contributed by atoms with Crippen LogP contribution < -0.4 is 15.8 Å². The number of rotatable bonds is 7. The van der Waals surface area contributed by atoms with Crippen LogP contribution in [0.15, 0.2) is 35.4 Å². The molecule has 18 heteroatoms. The molecule has 3 aliphatic heterocycles. The van der Waals surface area contributed by atoms with Crippen LogP contribution in [0.1, 0.15) is 46.6 Å². The van der Waals surface area contributed by atoms with Gasteiger partial charge in [0, 0.05) is 38.0 Å². The van der Waals surface area contributed by atoms with Crippen molar-refractivity contribution in [1.82, 2.24) is 34.0 Å². The number of ether oxygens (including phenoxy) is 1. The molecule has 2 N–H and O–H groups in total. The first-order valence-corrected chi connectivity index (χ1v) is 16.7. The zero-order chi connectivity index (χ0) is 36.2. The van der Waals surface area contributed by atoms with Crippen molar-refractivity contribution in [3.63, 3.8) is 0 Å². The number of fused-ring (bicyclic) bond motifs is 2. The molecule has 0 saturated carbocycles. The third kappa shape index (κ3) is 6.39. The highest BCUT2D eigenvalue weighted by atomic mass is 35.5. The van der Waals surface area contributed by atoms with Crippen LogP contribution in [-0.2, 0) is 28.7 Å². The summed E-state index contributed by atoms with van der Waals surface area (Å²) in [5.41, 5.74) is 0.545. The number of likely N-dealkylation sites (tertiary alicyclic amines) is 1. The Bertz CT molecular complexity index is 2140. The maximum absolute atomic E-state index is 14.3. The lowest BCUT2D eigenvalue weighted by atomic mass is 10.0. The van der Waals surface area contributed by atoms with Gasteiger partial charge in [0.1, 0.15) is 18.6 Å². The Balaban J connectivity index is 1.21. The summed E-state index contributed by atoms with van der Waals surface area (Å²) in [6, 6.07) is 2.66. The lowest BCUT2D eigenvalue weighted by molar-refractivity contribution is -0.137. The van der Waals surface area contributed by atoms with Crippen molar-refractivity contribution in [3.8, 4) is 5.75 Å². The van der Waals surface area contributed by atoms with Crippen molar-refractivity contribution in [2.24, 2.45) is 11.8 Å². The standard InChI is InChI=1S/C33H33ClF3N9O5/c1-3-24-27(43-11-19-13-44(14-20(19)12-43)30(49)26-28(48)17(2)38-16-39-26)31(50)46-32(41-29(42-46)18-6-8-51-9-7-18)45(24)15-25(47)40-23-5-4-21(10-22(23)34)33(35,36)37/h4-6,10,16,19-20,48H,3,7-9,11-15H2,1-2H3,(H,40,47)/t19-,20+. The Morgan fingerprint density at radius 3 is 2.53 bits per heavy atom. The number of benzene rings is 1. The van der Waals surface area contributed by atoms with Crippen molar-refractivity contribution in [2.75, 3.05) is 49.6 Å². The lowest BCUT2D eigenvalue weighted by Crippen LogP contribution is -2.38. The normalized spacial score (nSPS) is 19.1. The maximum Gasteiger partial charge on any atom is 0.416 e. The monoisotopic (exact) mass is 727 g/mol. The Hall–Kier alpha value is -5.03. The van der Waals surface area contributed by atoms with Gasteiger partial charge in [-0.05, 0) is 43.5 Å². The number of alkyl halides is 3. The molecule has 4 aromatic rings. The number of hydrogen-bond donors (Lipinski definition) is 2. The van der Waals surface area contributed by atoms with Gasteiger partial charge in [-0.1, -0.05) is 24.6 Å². The Morgan fingerprint density at radius 2 is 1.88 bits per heavy atom. The summed E-state index contributed by atoms with van der Waals surface area (Å²) in [7, 11) is 0. The third-order valence-corrected chi connectivity index (χ3v) is 9.89. The summed E-state index contributed by atoms with van der Waals surface area (Å²) in [4.78, 5) is 57.3. The van der Waals surface area contributed by atoms with Gasteiger partial charge in [-0.25, -0.2) is 9.97 Å². The average Bonchev–Trinajstić information content (AvgIpc) is 3.82. The van der Waals surface area contributed by atoms with E-state index in [-0.39, 0.29) is 46.3 Å². The van der Waals surface area contributed by atoms with Gasteiger partial charge in [-0.3, -0.25) is 14.4 Å². The molecule has 0 spiro atoms. The fraction of sp³-hybridized carbons (Fsp3) is 0.424. The van der Waals surface area contributed by atoms with E-state index in [0.717, 1.165) is 23.8 Å². The van der Waals surface area contributed by atoms with E-state index in [1.165, 1.54) is 10.8 Å². The highest BCUT2D eigenvalue weighted by Crippen LogP contribution is 2.37. The summed E-state index contributed by atoms with van der Waals surface area (Å²) < 4.78 is 47.8. The quantitative estimate of drug-likeness (QED) is 0.288. The molecular formula is C33H33ClF3N9O5. The summed E-state index contributed by atoms with van der Waals surface area (Å²) in [5.74, 6) is -0.775. The molecule has 0 bridgehead atoms. The van der Waals surface area contributed by atoms with Crippen LogP contribution in [0.5, 0.6) is 5.75 Å². The minimum absolute atomic E-state index is 0.00330. The fourth-order valence-electron chi connectivity index (χ4n) is 7.04. The number of aryl methyl sites for hydroxylation is 1. The Morgan fingerprint density at radius 1 is 1.14 bits per heavy atom. The number of nitrogens with zero attached hydrogens (tertiary/aromatic N) is 8. The second-order valence-corrected chi connectivity index (χ2v) is 13.2. The highest BCUT2D eigenvalue weighted by molar-refractivity contribution is 6.33. The summed E-state index contributed by atoms with van der Waals surface area (Å²) in [6.45, 7) is 5.57. The fourth-order valence-corrected chi connectivity index (χ4v) is 7.26. The van der Waals surface area contributed by atoms with E-state index in [1.54, 1.807) is 16.4 Å². The molecule has 2 fully saturated rings. The average molecular weight is 728 g/mol. The topological polar surface area (TPSA) is 160 Å². The number of halogens is 4. The number of nitrogens with one attached hydrogen (secondary N) is 1. The first-order chi connectivity index (χ1) is 24.3. The molecular weight excluding hydrogens is 695 g/mol. The molecule has 2 saturated heterocycles. The maximum atomic E-state index is 14.3. The number of aromatic nitrogens is 6. The van der Waals surface area contributed by atoms with Crippen molar-refractivity contribution in [1.29, 1.82) is 0 Å². The Labute approximate surface area is 293 Å². The predicted molar refractivity (Wildman–Crippen MR) is 179 cm³/mol. The van der Waals surface area contributed by atoms with Crippen LogP contribution in [0.3, 0.4) is 0 Å². The molecule has 268 valence electrons. The predicted octanol–water partition coefficient (Wildman–Crippen LogP) is 3.58. The zero-order valence-corrected chi connectivity index (χ0v) is 28.3. The van der Waals surface area contributed by atoms with Gasteiger partial charge in [0.05, 0.1) is 40.9 Å². The lowest BCUT2D eigenvalue weighted by Gasteiger charge is -2.26. The van der Waals surface area contributed by atoms with Crippen molar-refractivity contribution in [2.45, 2.75) is 39.4 Å². The third-order valence-electron chi connectivity index (χ3n) is 9.58. The SMILES string of the molecule is CCc1c(N2C[C@H]3CN(C(=O)c4ncnc(C)c4O)C[C@H]3C2)c(=O)n2nc(C3=CCOCC3)nc2n1CC(=O)Nc1ccc(C(F)(F)F)cc1Cl. The number of anilines is 2. The van der Waals surface area contributed by atoms with E-state index in [4.69, 9.17) is 16.3 Å². The van der Waals surface area contributed by atoms with E-state index >= 15 is 0 Å². The van der Waals surface area contributed by atoms with Crippen LogP contribution in [0.4, 0.5) is 24.5 Å². The molecule has 2 amide bonds. The van der Waals surface area contributed by atoms with Crippen LogP contribution in [0.2, 0.25) is 5.02 Å². The number of carbonyl (C=O) groups is 2. The highest BCUT2D eigenvalue weighted by Gasteiger charge is 2.44. The number of carbonyl (C=O) groups excluding carboxylic acids is 2. The van der Waals surface area contributed by atoms with E-state index < -0.39 is 29.1 Å². The van der Waals surface area contributed by atoms with Crippen molar-refractivity contribution < 1.29 is 32.6 Å². The van der Waals surface area contributed by atoms with E-state index in [2.05, 4.69) is 25.4 Å². The van der Waals surface area contributed by atoms with E-state index in [0.29, 0.717) is 75.1 Å². The largest absolute Gasteiger partial charge is 0.504 e. The zero-order valence-electron chi connectivity index (χ0n) is 27.6. The van der Waals surface area contributed by atoms with Gasteiger partial charge in [0.15, 0.2) is 17.3 Å². The smallest absolute Gasteiger partial charge is 0.416 e. The van der Waals surface area contributed by atoms with E-state index in [9.17, 15) is 32.7 Å². The minimum atomic E-state index is -4.60. The van der Waals surface area contributed by atoms with Crippen LogP contribution in [-0.4, -0.2) is 90.3 Å². The van der Waals surface area contributed by atoms with Crippen LogP contribution in [0, 0.1) is 18.8 Å². The Kier molecular flexibility index (Phi) is 8.95. The first kappa shape index (κ1) is 34.4. The number of hydrogen-bond acceptors (Lipinski definition) is 10. The van der Waals surface area contributed by atoms with Gasteiger partial charge in [-0.15, -0.1) is 5.10 Å². The minimum Gasteiger partial charge on any atom is -0.504 e. The van der Waals surface area contributed by atoms with Crippen LogP contribution in [0.25, 0.3) is 11.4 Å². The summed E-state index contributed by atoms with van der Waals surface area (Å²) in [6.07, 6.45) is -0.669. The molecule has 3 aromatic heterocycles. The molecule has 6 heterocycles. The molecule has 3 aliphatic rings. The van der Waals surface area contributed by atoms with Gasteiger partial charge in [0.25, 0.3) is 11.5 Å². The molecule has 1 aromatic carbocycles. The molecule has 2 atom stereocenters. The second-order valence-electron chi connectivity index (χ2n) is 12.8. The van der Waals surface area contributed by atoms with Crippen molar-refractivity contribution >= 4 is 46.1 Å². The molecule has 0 unspecified atom stereocenters. The van der Waals surface area contributed by atoms with Crippen LogP contribution >= 0.6 is 11.6 Å².